The average molecular weight is 249 g/mol. The minimum absolute atomic E-state index is 0.370. The molecule has 92 valence electrons. The normalized spacial score (nSPS) is 14.1. The van der Waals surface area contributed by atoms with Gasteiger partial charge in [0.1, 0.15) is 6.54 Å². The number of hydrogen-bond acceptors (Lipinski definition) is 4. The summed E-state index contributed by atoms with van der Waals surface area (Å²) in [7, 11) is 4.05. The maximum atomic E-state index is 11.5. The highest BCUT2D eigenvalue weighted by atomic mass is 31.1. The molecule has 0 spiro atoms. The number of carbonyl (C=O) groups is 1. The predicted molar refractivity (Wildman–Crippen MR) is 62.2 cm³/mol. The summed E-state index contributed by atoms with van der Waals surface area (Å²) in [5.74, 6) is -1.33. The minimum atomic E-state index is -1.98. The number of quaternary nitrogens is 1. The summed E-state index contributed by atoms with van der Waals surface area (Å²) in [5, 5.41) is 0. The maximum Gasteiger partial charge on any atom is 0.553 e. The van der Waals surface area contributed by atoms with Gasteiger partial charge in [-0.05, 0) is 4.57 Å². The molecule has 0 aliphatic carbocycles. The van der Waals surface area contributed by atoms with Crippen molar-refractivity contribution in [2.75, 3.05) is 34.3 Å². The van der Waals surface area contributed by atoms with Gasteiger partial charge in [-0.2, -0.15) is 0 Å². The van der Waals surface area contributed by atoms with Gasteiger partial charge in [-0.15, -0.1) is 4.52 Å². The van der Waals surface area contributed by atoms with Crippen molar-refractivity contribution >= 4 is 14.0 Å². The number of hydrogen-bond donors (Lipinski definition) is 0. The van der Waals surface area contributed by atoms with Crippen molar-refractivity contribution in [2.24, 2.45) is 0 Å². The highest BCUT2D eigenvalue weighted by Crippen LogP contribution is 2.29. The van der Waals surface area contributed by atoms with Gasteiger partial charge in [0, 0.05) is 13.0 Å². The fourth-order valence-electron chi connectivity index (χ4n) is 0.769. The summed E-state index contributed by atoms with van der Waals surface area (Å²) < 4.78 is 22.1. The fraction of sp³-hybridized carbons (Fsp3) is 0.700. The van der Waals surface area contributed by atoms with Gasteiger partial charge in [0.15, 0.2) is 6.61 Å². The van der Waals surface area contributed by atoms with E-state index < -0.39 is 19.8 Å². The van der Waals surface area contributed by atoms with E-state index in [1.165, 1.54) is 6.92 Å². The lowest BCUT2D eigenvalue weighted by Gasteiger charge is -2.22. The zero-order valence-corrected chi connectivity index (χ0v) is 11.2. The highest BCUT2D eigenvalue weighted by Gasteiger charge is 2.31. The summed E-state index contributed by atoms with van der Waals surface area (Å²) in [6, 6.07) is 0. The van der Waals surface area contributed by atoms with E-state index in [-0.39, 0.29) is 0 Å². The van der Waals surface area contributed by atoms with E-state index >= 15 is 0 Å². The Balaban J connectivity index is 3.88. The second-order valence-electron chi connectivity index (χ2n) is 4.37. The van der Waals surface area contributed by atoms with Crippen molar-refractivity contribution < 1.29 is 23.1 Å². The Hall–Kier alpha value is -0.770. The molecule has 0 radical (unpaired) electrons. The number of carbonyl (C=O) groups excluding carboxylic acids is 1. The van der Waals surface area contributed by atoms with Crippen molar-refractivity contribution in [1.82, 2.24) is 0 Å². The summed E-state index contributed by atoms with van der Waals surface area (Å²) in [6.07, 6.45) is 1.03. The molecule has 0 aromatic carbocycles. The van der Waals surface area contributed by atoms with Gasteiger partial charge < -0.3 is 9.22 Å². The molecule has 0 aromatic heterocycles. The first-order chi connectivity index (χ1) is 7.26. The molecule has 0 aliphatic rings. The molecule has 6 heteroatoms. The summed E-state index contributed by atoms with van der Waals surface area (Å²) in [6.45, 7) is 5.90. The minimum Gasteiger partial charge on any atom is -0.411 e. The molecule has 0 rings (SSSR count). The Morgan fingerprint density at radius 2 is 2.06 bits per heavy atom. The van der Waals surface area contributed by atoms with Crippen LogP contribution in [0.3, 0.4) is 0 Å². The van der Waals surface area contributed by atoms with Crippen LogP contribution in [0.2, 0.25) is 0 Å². The van der Waals surface area contributed by atoms with Crippen LogP contribution in [0.15, 0.2) is 12.7 Å². The fourth-order valence-corrected chi connectivity index (χ4v) is 1.43. The summed E-state index contributed by atoms with van der Waals surface area (Å²) in [5.41, 5.74) is 0. The second kappa shape index (κ2) is 6.74. The monoisotopic (exact) mass is 249 g/mol. The first kappa shape index (κ1) is 15.2. The first-order valence-electron chi connectivity index (χ1n) is 4.99. The number of nitrogens with zero attached hydrogens (tertiary/aromatic N) is 1. The topological polar surface area (TPSA) is 52.6 Å². The van der Waals surface area contributed by atoms with Crippen molar-refractivity contribution in [3.8, 4) is 0 Å². The third-order valence-electron chi connectivity index (χ3n) is 1.73. The first-order valence-corrected chi connectivity index (χ1v) is 6.23. The molecule has 16 heavy (non-hydrogen) atoms. The van der Waals surface area contributed by atoms with Gasteiger partial charge in [0.2, 0.25) is 0 Å². The number of rotatable bonds is 7. The summed E-state index contributed by atoms with van der Waals surface area (Å²) >= 11 is 0. The number of esters is 1. The van der Waals surface area contributed by atoms with Gasteiger partial charge in [0.25, 0.3) is 0 Å². The van der Waals surface area contributed by atoms with Crippen LogP contribution in [0.4, 0.5) is 0 Å². The van der Waals surface area contributed by atoms with E-state index in [2.05, 4.69) is 6.58 Å². The average Bonchev–Trinajstić information content (AvgIpc) is 2.15. The third kappa shape index (κ3) is 7.51. The molecule has 0 saturated heterocycles. The quantitative estimate of drug-likeness (QED) is 0.297. The smallest absolute Gasteiger partial charge is 0.411 e. The molecule has 0 N–H and O–H groups in total. The zero-order valence-electron chi connectivity index (χ0n) is 10.3. The molecule has 0 fully saturated rings. The van der Waals surface area contributed by atoms with Crippen LogP contribution in [-0.4, -0.2) is 50.6 Å². The van der Waals surface area contributed by atoms with Crippen molar-refractivity contribution in [1.29, 1.82) is 0 Å². The van der Waals surface area contributed by atoms with Crippen molar-refractivity contribution in [2.45, 2.75) is 12.8 Å². The predicted octanol–water partition coefficient (Wildman–Crippen LogP) is 1.53. The number of likely N-dealkylation sites (N-methyl/N-ethyl adjacent to an activating group) is 1. The van der Waals surface area contributed by atoms with Crippen LogP contribution in [0.1, 0.15) is 6.92 Å². The molecule has 0 bridgehead atoms. The highest BCUT2D eigenvalue weighted by molar-refractivity contribution is 7.39. The standard InChI is InChI=1S/C10H20NO4P/c1-6-10(12)15-9(2)16(13)14-8-7-11(3,4)5/h6,9H,1,7-8H2,2-5H3/q+2. The molecule has 2 atom stereocenters. The van der Waals surface area contributed by atoms with E-state index in [1.807, 2.05) is 21.1 Å². The van der Waals surface area contributed by atoms with Crippen LogP contribution in [0.5, 0.6) is 0 Å². The third-order valence-corrected chi connectivity index (χ3v) is 2.87. The van der Waals surface area contributed by atoms with E-state index in [4.69, 9.17) is 9.26 Å². The van der Waals surface area contributed by atoms with Crippen LogP contribution in [0.25, 0.3) is 0 Å². The van der Waals surface area contributed by atoms with Crippen molar-refractivity contribution in [3.63, 3.8) is 0 Å². The molecule has 5 nitrogen and oxygen atoms in total. The van der Waals surface area contributed by atoms with E-state index in [0.29, 0.717) is 6.61 Å². The van der Waals surface area contributed by atoms with Gasteiger partial charge >= 0.3 is 19.8 Å². The van der Waals surface area contributed by atoms with Gasteiger partial charge in [-0.1, -0.05) is 6.58 Å². The SMILES string of the molecule is C=CC(=O)OC(C)[P+](=O)OCC[N+](C)(C)C. The maximum absolute atomic E-state index is 11.5. The van der Waals surface area contributed by atoms with Gasteiger partial charge in [-0.25, -0.2) is 4.79 Å². The van der Waals surface area contributed by atoms with Gasteiger partial charge in [0.05, 0.1) is 21.1 Å². The zero-order chi connectivity index (χ0) is 12.8. The van der Waals surface area contributed by atoms with Crippen LogP contribution < -0.4 is 0 Å². The molecule has 0 amide bonds. The Morgan fingerprint density at radius 3 is 2.50 bits per heavy atom. The molecule has 0 heterocycles. The lowest BCUT2D eigenvalue weighted by molar-refractivity contribution is -0.870. The van der Waals surface area contributed by atoms with Crippen molar-refractivity contribution in [3.05, 3.63) is 12.7 Å². The summed E-state index contributed by atoms with van der Waals surface area (Å²) in [4.78, 5) is 10.8. The lowest BCUT2D eigenvalue weighted by atomic mass is 10.5. The van der Waals surface area contributed by atoms with Crippen LogP contribution in [0, 0.1) is 0 Å². The van der Waals surface area contributed by atoms with E-state index in [1.54, 1.807) is 0 Å². The Kier molecular flexibility index (Phi) is 6.41. The molecule has 2 unspecified atom stereocenters. The Bertz CT molecular complexity index is 272. The second-order valence-corrected chi connectivity index (χ2v) is 5.93. The van der Waals surface area contributed by atoms with E-state index in [0.717, 1.165) is 17.1 Å². The molecular formula is C10H20NO4P+2. The Morgan fingerprint density at radius 1 is 1.50 bits per heavy atom. The van der Waals surface area contributed by atoms with Gasteiger partial charge in [-0.3, -0.25) is 0 Å². The molecule has 0 saturated carbocycles. The Labute approximate surface area is 97.5 Å². The largest absolute Gasteiger partial charge is 0.553 e. The van der Waals surface area contributed by atoms with E-state index in [9.17, 15) is 9.36 Å². The van der Waals surface area contributed by atoms with Crippen LogP contribution in [-0.2, 0) is 18.6 Å². The lowest BCUT2D eigenvalue weighted by Crippen LogP contribution is -2.37. The molecule has 0 aromatic rings. The molecule has 0 aliphatic heterocycles. The number of ether oxygens (including phenoxy) is 1. The molecular weight excluding hydrogens is 229 g/mol. The van der Waals surface area contributed by atoms with Crippen LogP contribution >= 0.6 is 8.03 Å².